The molecule has 0 saturated carbocycles. The minimum atomic E-state index is -0.152. The molecule has 1 aromatic carbocycles. The fourth-order valence-corrected chi connectivity index (χ4v) is 3.04. The highest BCUT2D eigenvalue weighted by atomic mass is 16.7. The van der Waals surface area contributed by atoms with Crippen molar-refractivity contribution >= 4 is 5.91 Å². The standard InChI is InChI=1S/C16H21NO3/c1-15(2)16(3,9-14(18)17-15)7-6-11-4-5-12-13(8-11)20-10-19-12/h4-5,8H,6-7,9-10H2,1-3H3,(H,17,18). The Hall–Kier alpha value is -1.71. The number of rotatable bonds is 3. The Bertz CT molecular complexity index is 553. The molecule has 1 saturated heterocycles. The maximum atomic E-state index is 11.7. The third-order valence-corrected chi connectivity index (χ3v) is 4.91. The largest absolute Gasteiger partial charge is 0.454 e. The molecule has 1 aromatic rings. The first kappa shape index (κ1) is 13.3. The van der Waals surface area contributed by atoms with Crippen molar-refractivity contribution in [3.8, 4) is 11.5 Å². The molecule has 1 amide bonds. The zero-order valence-electron chi connectivity index (χ0n) is 12.3. The van der Waals surface area contributed by atoms with Crippen molar-refractivity contribution in [1.82, 2.24) is 5.32 Å². The number of nitrogens with one attached hydrogen (secondary N) is 1. The zero-order valence-corrected chi connectivity index (χ0v) is 12.3. The van der Waals surface area contributed by atoms with Crippen LogP contribution in [0.4, 0.5) is 0 Å². The van der Waals surface area contributed by atoms with Crippen LogP contribution in [0, 0.1) is 5.41 Å². The highest BCUT2D eigenvalue weighted by Gasteiger charge is 2.48. The SMILES string of the molecule is CC1(CCc2ccc3c(c2)OCO3)CC(=O)NC1(C)C. The summed E-state index contributed by atoms with van der Waals surface area (Å²) >= 11 is 0. The van der Waals surface area contributed by atoms with Crippen LogP contribution in [0.15, 0.2) is 18.2 Å². The lowest BCUT2D eigenvalue weighted by Gasteiger charge is -2.37. The Labute approximate surface area is 119 Å². The molecule has 20 heavy (non-hydrogen) atoms. The van der Waals surface area contributed by atoms with Gasteiger partial charge in [0.1, 0.15) is 0 Å². The average molecular weight is 275 g/mol. The molecule has 4 heteroatoms. The number of fused-ring (bicyclic) bond motifs is 1. The maximum Gasteiger partial charge on any atom is 0.231 e. The van der Waals surface area contributed by atoms with E-state index in [-0.39, 0.29) is 16.9 Å². The lowest BCUT2D eigenvalue weighted by atomic mass is 9.70. The van der Waals surface area contributed by atoms with Crippen LogP contribution >= 0.6 is 0 Å². The summed E-state index contributed by atoms with van der Waals surface area (Å²) in [5.74, 6) is 1.80. The number of hydrogen-bond donors (Lipinski definition) is 1. The van der Waals surface area contributed by atoms with Crippen molar-refractivity contribution in [2.45, 2.75) is 45.6 Å². The Morgan fingerprint density at radius 1 is 1.20 bits per heavy atom. The predicted octanol–water partition coefficient (Wildman–Crippen LogP) is 2.65. The molecule has 1 fully saturated rings. The highest BCUT2D eigenvalue weighted by Crippen LogP contribution is 2.43. The Balaban J connectivity index is 1.72. The molecular weight excluding hydrogens is 254 g/mol. The summed E-state index contributed by atoms with van der Waals surface area (Å²) in [7, 11) is 0. The van der Waals surface area contributed by atoms with Gasteiger partial charge in [-0.3, -0.25) is 4.79 Å². The van der Waals surface area contributed by atoms with Crippen LogP contribution in [0.2, 0.25) is 0 Å². The second-order valence-electron chi connectivity index (χ2n) is 6.60. The molecule has 2 heterocycles. The molecule has 3 rings (SSSR count). The summed E-state index contributed by atoms with van der Waals surface area (Å²) in [6, 6.07) is 6.08. The summed E-state index contributed by atoms with van der Waals surface area (Å²) in [4.78, 5) is 11.7. The summed E-state index contributed by atoms with van der Waals surface area (Å²) in [6.07, 6.45) is 2.51. The van der Waals surface area contributed by atoms with Gasteiger partial charge < -0.3 is 14.8 Å². The molecule has 0 aliphatic carbocycles. The van der Waals surface area contributed by atoms with Crippen LogP contribution in [-0.2, 0) is 11.2 Å². The van der Waals surface area contributed by atoms with E-state index < -0.39 is 0 Å². The summed E-state index contributed by atoms with van der Waals surface area (Å²) in [5, 5.41) is 3.08. The number of amides is 1. The van der Waals surface area contributed by atoms with Crippen LogP contribution < -0.4 is 14.8 Å². The van der Waals surface area contributed by atoms with Gasteiger partial charge in [-0.05, 0) is 49.8 Å². The first-order valence-corrected chi connectivity index (χ1v) is 7.09. The maximum absolute atomic E-state index is 11.7. The molecule has 0 bridgehead atoms. The molecule has 4 nitrogen and oxygen atoms in total. The Morgan fingerprint density at radius 3 is 2.65 bits per heavy atom. The number of aryl methyl sites for hydroxylation is 1. The van der Waals surface area contributed by atoms with Crippen molar-refractivity contribution in [2.24, 2.45) is 5.41 Å². The van der Waals surface area contributed by atoms with E-state index in [4.69, 9.17) is 9.47 Å². The predicted molar refractivity (Wildman–Crippen MR) is 75.8 cm³/mol. The lowest BCUT2D eigenvalue weighted by Crippen LogP contribution is -2.45. The quantitative estimate of drug-likeness (QED) is 0.922. The van der Waals surface area contributed by atoms with Gasteiger partial charge in [0.2, 0.25) is 12.7 Å². The van der Waals surface area contributed by atoms with Gasteiger partial charge in [0.15, 0.2) is 11.5 Å². The molecule has 1 atom stereocenters. The monoisotopic (exact) mass is 275 g/mol. The molecule has 1 N–H and O–H groups in total. The van der Waals surface area contributed by atoms with Crippen LogP contribution in [0.5, 0.6) is 11.5 Å². The van der Waals surface area contributed by atoms with Crippen molar-refractivity contribution in [3.05, 3.63) is 23.8 Å². The molecular formula is C16H21NO3. The Morgan fingerprint density at radius 2 is 1.95 bits per heavy atom. The number of hydrogen-bond acceptors (Lipinski definition) is 3. The first-order valence-electron chi connectivity index (χ1n) is 7.09. The highest BCUT2D eigenvalue weighted by molar-refractivity contribution is 5.80. The van der Waals surface area contributed by atoms with E-state index in [9.17, 15) is 4.79 Å². The third-order valence-electron chi connectivity index (χ3n) is 4.91. The van der Waals surface area contributed by atoms with Gasteiger partial charge in [-0.25, -0.2) is 0 Å². The minimum Gasteiger partial charge on any atom is -0.454 e. The fourth-order valence-electron chi connectivity index (χ4n) is 3.04. The van der Waals surface area contributed by atoms with Gasteiger partial charge in [0.25, 0.3) is 0 Å². The van der Waals surface area contributed by atoms with Crippen LogP contribution in [0.1, 0.15) is 39.2 Å². The third kappa shape index (κ3) is 2.13. The van der Waals surface area contributed by atoms with E-state index in [1.165, 1.54) is 5.56 Å². The van der Waals surface area contributed by atoms with Crippen molar-refractivity contribution in [3.63, 3.8) is 0 Å². The molecule has 0 radical (unpaired) electrons. The summed E-state index contributed by atoms with van der Waals surface area (Å²) in [5.41, 5.74) is 1.06. The van der Waals surface area contributed by atoms with Crippen LogP contribution in [0.3, 0.4) is 0 Å². The van der Waals surface area contributed by atoms with Crippen LogP contribution in [0.25, 0.3) is 0 Å². The summed E-state index contributed by atoms with van der Waals surface area (Å²) in [6.45, 7) is 6.72. The van der Waals surface area contributed by atoms with Gasteiger partial charge >= 0.3 is 0 Å². The van der Waals surface area contributed by atoms with Gasteiger partial charge in [-0.1, -0.05) is 13.0 Å². The van der Waals surface area contributed by atoms with E-state index in [0.717, 1.165) is 24.3 Å². The van der Waals surface area contributed by atoms with Crippen molar-refractivity contribution in [1.29, 1.82) is 0 Å². The number of benzene rings is 1. The van der Waals surface area contributed by atoms with Gasteiger partial charge in [0.05, 0.1) is 0 Å². The van der Waals surface area contributed by atoms with Crippen molar-refractivity contribution < 1.29 is 14.3 Å². The molecule has 1 unspecified atom stereocenters. The zero-order chi connectivity index (χ0) is 14.4. The molecule has 108 valence electrons. The smallest absolute Gasteiger partial charge is 0.231 e. The van der Waals surface area contributed by atoms with Gasteiger partial charge in [-0.15, -0.1) is 0 Å². The van der Waals surface area contributed by atoms with E-state index in [1.807, 2.05) is 12.1 Å². The topological polar surface area (TPSA) is 47.6 Å². The Kier molecular flexibility index (Phi) is 2.92. The number of ether oxygens (including phenoxy) is 2. The van der Waals surface area contributed by atoms with Gasteiger partial charge in [0, 0.05) is 12.0 Å². The van der Waals surface area contributed by atoms with E-state index in [0.29, 0.717) is 13.2 Å². The van der Waals surface area contributed by atoms with Crippen LogP contribution in [-0.4, -0.2) is 18.2 Å². The molecule has 0 aromatic heterocycles. The van der Waals surface area contributed by atoms with Gasteiger partial charge in [-0.2, -0.15) is 0 Å². The number of carbonyl (C=O) groups is 1. The summed E-state index contributed by atoms with van der Waals surface area (Å²) < 4.78 is 10.7. The average Bonchev–Trinajstić information content (AvgIpc) is 2.89. The second kappa shape index (κ2) is 4.40. The molecule has 2 aliphatic rings. The second-order valence-corrected chi connectivity index (χ2v) is 6.60. The minimum absolute atomic E-state index is 0.0134. The van der Waals surface area contributed by atoms with E-state index in [1.54, 1.807) is 0 Å². The fraction of sp³-hybridized carbons (Fsp3) is 0.562. The first-order chi connectivity index (χ1) is 9.40. The van der Waals surface area contributed by atoms with Crippen molar-refractivity contribution in [2.75, 3.05) is 6.79 Å². The van der Waals surface area contributed by atoms with E-state index in [2.05, 4.69) is 32.2 Å². The lowest BCUT2D eigenvalue weighted by molar-refractivity contribution is -0.119. The normalized spacial score (nSPS) is 26.6. The molecule has 2 aliphatic heterocycles. The molecule has 0 spiro atoms. The number of carbonyl (C=O) groups excluding carboxylic acids is 1. The van der Waals surface area contributed by atoms with E-state index >= 15 is 0 Å².